The molecule has 2 fully saturated rings. The summed E-state index contributed by atoms with van der Waals surface area (Å²) in [4.78, 5) is 18.5. The maximum absolute atomic E-state index is 14.3. The molecule has 0 bridgehead atoms. The Bertz CT molecular complexity index is 867. The summed E-state index contributed by atoms with van der Waals surface area (Å²) in [7, 11) is 3.77. The molecule has 0 radical (unpaired) electrons. The van der Waals surface area contributed by atoms with Crippen molar-refractivity contribution in [1.82, 2.24) is 14.7 Å². The second-order valence-electron chi connectivity index (χ2n) is 8.45. The largest absolute Gasteiger partial charge is 0.395 e. The van der Waals surface area contributed by atoms with Crippen LogP contribution in [0.15, 0.2) is 54.6 Å². The van der Waals surface area contributed by atoms with Crippen LogP contribution in [0.5, 0.6) is 0 Å². The first-order chi connectivity index (χ1) is 14.0. The first-order valence-electron chi connectivity index (χ1n) is 10.0. The van der Waals surface area contributed by atoms with Crippen LogP contribution in [-0.4, -0.2) is 77.6 Å². The fraction of sp³-hybridized carbons (Fsp3) is 0.435. The van der Waals surface area contributed by atoms with Gasteiger partial charge in [0.05, 0.1) is 18.7 Å². The van der Waals surface area contributed by atoms with E-state index in [1.807, 2.05) is 48.2 Å². The molecule has 0 unspecified atom stereocenters. The number of benzene rings is 2. The minimum atomic E-state index is -0.265. The molecule has 1 amide bonds. The zero-order chi connectivity index (χ0) is 20.6. The molecule has 4 rings (SSSR count). The average molecular weight is 397 g/mol. The molecule has 2 aliphatic rings. The van der Waals surface area contributed by atoms with Crippen molar-refractivity contribution in [3.63, 3.8) is 0 Å². The van der Waals surface area contributed by atoms with Gasteiger partial charge in [-0.15, -0.1) is 0 Å². The monoisotopic (exact) mass is 397 g/mol. The summed E-state index contributed by atoms with van der Waals surface area (Å²) in [6.07, 6.45) is 0. The standard InChI is InChI=1S/C23H28FN3O2/c1-25(2)13-21(29)26-15-23(16-26)22(17-8-4-3-5-9-17)20(14-28)27(23)12-18-10-6-7-11-19(18)24/h3-11,20,22,28H,12-16H2,1-2H3/t20-,22+/m0/s1. The second-order valence-corrected chi connectivity index (χ2v) is 8.45. The number of carbonyl (C=O) groups is 1. The maximum Gasteiger partial charge on any atom is 0.236 e. The van der Waals surface area contributed by atoms with Crippen LogP contribution in [0.25, 0.3) is 0 Å². The molecule has 0 aromatic heterocycles. The third kappa shape index (κ3) is 3.45. The molecule has 5 nitrogen and oxygen atoms in total. The van der Waals surface area contributed by atoms with E-state index in [9.17, 15) is 14.3 Å². The maximum atomic E-state index is 14.3. The smallest absolute Gasteiger partial charge is 0.236 e. The lowest BCUT2D eigenvalue weighted by molar-refractivity contribution is -0.200. The highest BCUT2D eigenvalue weighted by Crippen LogP contribution is 2.54. The molecule has 2 heterocycles. The molecule has 29 heavy (non-hydrogen) atoms. The summed E-state index contributed by atoms with van der Waals surface area (Å²) in [5, 5.41) is 10.2. The van der Waals surface area contributed by atoms with Crippen LogP contribution in [0, 0.1) is 5.82 Å². The summed E-state index contributed by atoms with van der Waals surface area (Å²) >= 11 is 0. The summed E-state index contributed by atoms with van der Waals surface area (Å²) in [5.41, 5.74) is 1.52. The number of hydrogen-bond donors (Lipinski definition) is 1. The van der Waals surface area contributed by atoms with Gasteiger partial charge >= 0.3 is 0 Å². The van der Waals surface area contributed by atoms with Gasteiger partial charge in [0.2, 0.25) is 5.91 Å². The van der Waals surface area contributed by atoms with Crippen LogP contribution in [0.3, 0.4) is 0 Å². The van der Waals surface area contributed by atoms with Gasteiger partial charge in [0.15, 0.2) is 0 Å². The number of likely N-dealkylation sites (N-methyl/N-ethyl adjacent to an activating group) is 1. The normalized spacial score (nSPS) is 23.1. The van der Waals surface area contributed by atoms with Crippen LogP contribution in [-0.2, 0) is 11.3 Å². The number of halogens is 1. The molecular formula is C23H28FN3O2. The van der Waals surface area contributed by atoms with E-state index >= 15 is 0 Å². The molecule has 2 saturated heterocycles. The van der Waals surface area contributed by atoms with Gasteiger partial charge in [0, 0.05) is 37.2 Å². The van der Waals surface area contributed by atoms with Gasteiger partial charge in [-0.05, 0) is 25.7 Å². The Morgan fingerprint density at radius 1 is 1.14 bits per heavy atom. The lowest BCUT2D eigenvalue weighted by atomic mass is 9.60. The predicted octanol–water partition coefficient (Wildman–Crippen LogP) is 1.93. The van der Waals surface area contributed by atoms with Crippen molar-refractivity contribution < 1.29 is 14.3 Å². The summed E-state index contributed by atoms with van der Waals surface area (Å²) < 4.78 is 14.3. The number of nitrogens with zero attached hydrogens (tertiary/aromatic N) is 3. The highest BCUT2D eigenvalue weighted by molar-refractivity contribution is 5.79. The average Bonchev–Trinajstić information content (AvgIpc) is 2.65. The third-order valence-corrected chi connectivity index (χ3v) is 6.31. The predicted molar refractivity (Wildman–Crippen MR) is 110 cm³/mol. The van der Waals surface area contributed by atoms with E-state index in [-0.39, 0.29) is 35.8 Å². The first-order valence-corrected chi connectivity index (χ1v) is 10.0. The molecule has 2 aliphatic heterocycles. The van der Waals surface area contributed by atoms with Crippen molar-refractivity contribution in [2.24, 2.45) is 0 Å². The van der Waals surface area contributed by atoms with E-state index in [1.54, 1.807) is 12.1 Å². The number of rotatable bonds is 6. The third-order valence-electron chi connectivity index (χ3n) is 6.31. The Balaban J connectivity index is 1.61. The minimum Gasteiger partial charge on any atom is -0.395 e. The highest BCUT2D eigenvalue weighted by Gasteiger charge is 2.66. The van der Waals surface area contributed by atoms with Crippen LogP contribution >= 0.6 is 0 Å². The molecular weight excluding hydrogens is 369 g/mol. The molecule has 154 valence electrons. The van der Waals surface area contributed by atoms with Crippen molar-refractivity contribution in [1.29, 1.82) is 0 Å². The van der Waals surface area contributed by atoms with Crippen LogP contribution in [0.2, 0.25) is 0 Å². The summed E-state index contributed by atoms with van der Waals surface area (Å²) in [6.45, 7) is 2.01. The Hall–Kier alpha value is -2.28. The van der Waals surface area contributed by atoms with Gasteiger partial charge in [0.25, 0.3) is 0 Å². The fourth-order valence-electron chi connectivity index (χ4n) is 4.99. The SMILES string of the molecule is CN(C)CC(=O)N1CC2(C1)[C@H](c1ccccc1)[C@H](CO)N2Cc1ccccc1F. The van der Waals surface area contributed by atoms with Gasteiger partial charge in [-0.3, -0.25) is 9.69 Å². The Morgan fingerprint density at radius 2 is 1.79 bits per heavy atom. The topological polar surface area (TPSA) is 47.0 Å². The lowest BCUT2D eigenvalue weighted by Crippen LogP contribution is -2.84. The van der Waals surface area contributed by atoms with Crippen molar-refractivity contribution in [3.8, 4) is 0 Å². The quantitative estimate of drug-likeness (QED) is 0.809. The molecule has 0 saturated carbocycles. The Labute approximate surface area is 171 Å². The number of aliphatic hydroxyl groups is 1. The summed E-state index contributed by atoms with van der Waals surface area (Å²) in [6, 6.07) is 16.8. The Morgan fingerprint density at radius 3 is 2.41 bits per heavy atom. The zero-order valence-corrected chi connectivity index (χ0v) is 17.0. The number of aliphatic hydroxyl groups excluding tert-OH is 1. The van der Waals surface area contributed by atoms with Crippen molar-refractivity contribution in [2.45, 2.75) is 24.0 Å². The van der Waals surface area contributed by atoms with Crippen LogP contribution in [0.4, 0.5) is 4.39 Å². The van der Waals surface area contributed by atoms with Gasteiger partial charge < -0.3 is 14.9 Å². The molecule has 2 aromatic rings. The number of hydrogen-bond acceptors (Lipinski definition) is 4. The first kappa shape index (κ1) is 20.0. The highest BCUT2D eigenvalue weighted by atomic mass is 19.1. The van der Waals surface area contributed by atoms with Crippen LogP contribution < -0.4 is 0 Å². The fourth-order valence-corrected chi connectivity index (χ4v) is 4.99. The van der Waals surface area contributed by atoms with Gasteiger partial charge in [-0.2, -0.15) is 0 Å². The van der Waals surface area contributed by atoms with Crippen molar-refractivity contribution >= 4 is 5.91 Å². The molecule has 6 heteroatoms. The van der Waals surface area contributed by atoms with Gasteiger partial charge in [-0.25, -0.2) is 4.39 Å². The van der Waals surface area contributed by atoms with Gasteiger partial charge in [0.1, 0.15) is 5.82 Å². The number of likely N-dealkylation sites (tertiary alicyclic amines) is 2. The molecule has 2 atom stereocenters. The van der Waals surface area contributed by atoms with E-state index < -0.39 is 0 Å². The second kappa shape index (κ2) is 7.86. The van der Waals surface area contributed by atoms with Crippen molar-refractivity contribution in [3.05, 3.63) is 71.5 Å². The van der Waals surface area contributed by atoms with E-state index in [4.69, 9.17) is 0 Å². The van der Waals surface area contributed by atoms with Crippen LogP contribution in [0.1, 0.15) is 17.0 Å². The zero-order valence-electron chi connectivity index (χ0n) is 17.0. The molecule has 1 spiro atoms. The number of amides is 1. The van der Waals surface area contributed by atoms with E-state index in [2.05, 4.69) is 17.0 Å². The summed E-state index contributed by atoms with van der Waals surface area (Å²) in [5.74, 6) is -0.0167. The van der Waals surface area contributed by atoms with E-state index in [0.717, 1.165) is 5.56 Å². The van der Waals surface area contributed by atoms with E-state index in [1.165, 1.54) is 6.07 Å². The molecule has 0 aliphatic carbocycles. The van der Waals surface area contributed by atoms with E-state index in [0.29, 0.717) is 31.7 Å². The lowest BCUT2D eigenvalue weighted by Gasteiger charge is -2.71. The minimum absolute atomic E-state index is 0.00140. The molecule has 2 aromatic carbocycles. The van der Waals surface area contributed by atoms with Gasteiger partial charge in [-0.1, -0.05) is 48.5 Å². The number of carbonyl (C=O) groups excluding carboxylic acids is 1. The van der Waals surface area contributed by atoms with Crippen molar-refractivity contribution in [2.75, 3.05) is 40.3 Å². The molecule has 1 N–H and O–H groups in total. The Kier molecular flexibility index (Phi) is 5.42.